The van der Waals surface area contributed by atoms with Crippen LogP contribution in [0, 0.1) is 5.92 Å². The Kier molecular flexibility index (Phi) is 5.72. The molecule has 1 saturated carbocycles. The lowest BCUT2D eigenvalue weighted by Gasteiger charge is -2.30. The fourth-order valence-corrected chi connectivity index (χ4v) is 3.01. The standard InChI is InChI=1S/C17H28N2O/c1-14(2)13-19(16-5-3-4-6-16)11-12-20-17-9-7-15(18)8-10-17/h7-10,14,16H,3-6,11-13,18H2,1-2H3. The second-order valence-corrected chi connectivity index (χ2v) is 6.24. The smallest absolute Gasteiger partial charge is 0.119 e. The molecule has 0 atom stereocenters. The lowest BCUT2D eigenvalue weighted by molar-refractivity contribution is 0.145. The SMILES string of the molecule is CC(C)CN(CCOc1ccc(N)cc1)C1CCCC1. The van der Waals surface area contributed by atoms with Gasteiger partial charge in [0, 0.05) is 24.8 Å². The van der Waals surface area contributed by atoms with Crippen LogP contribution in [-0.2, 0) is 0 Å². The quantitative estimate of drug-likeness (QED) is 0.774. The van der Waals surface area contributed by atoms with Gasteiger partial charge in [0.2, 0.25) is 0 Å². The summed E-state index contributed by atoms with van der Waals surface area (Å²) in [4.78, 5) is 2.62. The van der Waals surface area contributed by atoms with Crippen LogP contribution >= 0.6 is 0 Å². The maximum atomic E-state index is 5.84. The molecular formula is C17H28N2O. The zero-order valence-electron chi connectivity index (χ0n) is 12.8. The summed E-state index contributed by atoms with van der Waals surface area (Å²) in [6.07, 6.45) is 5.49. The summed E-state index contributed by atoms with van der Waals surface area (Å²) in [5.74, 6) is 1.63. The molecule has 0 saturated heterocycles. The molecule has 3 heteroatoms. The number of nitrogens with two attached hydrogens (primary N) is 1. The molecule has 0 heterocycles. The van der Waals surface area contributed by atoms with E-state index in [1.807, 2.05) is 24.3 Å². The molecule has 112 valence electrons. The number of ether oxygens (including phenoxy) is 1. The van der Waals surface area contributed by atoms with Crippen molar-refractivity contribution in [3.05, 3.63) is 24.3 Å². The second kappa shape index (κ2) is 7.53. The van der Waals surface area contributed by atoms with Crippen molar-refractivity contribution in [1.82, 2.24) is 4.90 Å². The molecule has 0 aliphatic heterocycles. The molecule has 0 aromatic heterocycles. The first-order chi connectivity index (χ1) is 9.65. The van der Waals surface area contributed by atoms with E-state index >= 15 is 0 Å². The summed E-state index contributed by atoms with van der Waals surface area (Å²) in [6, 6.07) is 8.43. The summed E-state index contributed by atoms with van der Waals surface area (Å²) >= 11 is 0. The molecule has 1 aromatic carbocycles. The zero-order chi connectivity index (χ0) is 14.4. The van der Waals surface area contributed by atoms with E-state index in [4.69, 9.17) is 10.5 Å². The van der Waals surface area contributed by atoms with Crippen molar-refractivity contribution < 1.29 is 4.74 Å². The van der Waals surface area contributed by atoms with Crippen molar-refractivity contribution >= 4 is 5.69 Å². The minimum Gasteiger partial charge on any atom is -0.492 e. The van der Waals surface area contributed by atoms with Gasteiger partial charge < -0.3 is 10.5 Å². The Morgan fingerprint density at radius 1 is 1.20 bits per heavy atom. The fraction of sp³-hybridized carbons (Fsp3) is 0.647. The highest BCUT2D eigenvalue weighted by atomic mass is 16.5. The van der Waals surface area contributed by atoms with Gasteiger partial charge in [-0.05, 0) is 43.0 Å². The second-order valence-electron chi connectivity index (χ2n) is 6.24. The van der Waals surface area contributed by atoms with Crippen molar-refractivity contribution in [3.8, 4) is 5.75 Å². The van der Waals surface area contributed by atoms with E-state index in [1.165, 1.54) is 32.2 Å². The first-order valence-electron chi connectivity index (χ1n) is 7.87. The summed E-state index contributed by atoms with van der Waals surface area (Å²) in [6.45, 7) is 7.54. The molecule has 2 N–H and O–H groups in total. The van der Waals surface area contributed by atoms with Crippen LogP contribution in [0.2, 0.25) is 0 Å². The van der Waals surface area contributed by atoms with Crippen LogP contribution < -0.4 is 10.5 Å². The molecular weight excluding hydrogens is 248 g/mol. The van der Waals surface area contributed by atoms with Gasteiger partial charge >= 0.3 is 0 Å². The van der Waals surface area contributed by atoms with E-state index in [-0.39, 0.29) is 0 Å². The maximum absolute atomic E-state index is 5.84. The Morgan fingerprint density at radius 2 is 1.85 bits per heavy atom. The van der Waals surface area contributed by atoms with Crippen LogP contribution in [0.25, 0.3) is 0 Å². The molecule has 1 aliphatic carbocycles. The average molecular weight is 276 g/mol. The Labute approximate surface area is 123 Å². The molecule has 2 rings (SSSR count). The third-order valence-corrected chi connectivity index (χ3v) is 3.97. The minimum atomic E-state index is 0.715. The van der Waals surface area contributed by atoms with Gasteiger partial charge in [-0.3, -0.25) is 4.90 Å². The lowest BCUT2D eigenvalue weighted by atomic mass is 10.1. The number of rotatable bonds is 7. The number of hydrogen-bond donors (Lipinski definition) is 1. The summed E-state index contributed by atoms with van der Waals surface area (Å²) in [5.41, 5.74) is 6.46. The molecule has 0 bridgehead atoms. The van der Waals surface area contributed by atoms with Crippen LogP contribution in [0.15, 0.2) is 24.3 Å². The van der Waals surface area contributed by atoms with Crippen LogP contribution in [0.1, 0.15) is 39.5 Å². The van der Waals surface area contributed by atoms with Crippen molar-refractivity contribution in [3.63, 3.8) is 0 Å². The monoisotopic (exact) mass is 276 g/mol. The van der Waals surface area contributed by atoms with E-state index in [0.717, 1.165) is 30.6 Å². The molecule has 0 amide bonds. The van der Waals surface area contributed by atoms with Crippen LogP contribution in [0.4, 0.5) is 5.69 Å². The fourth-order valence-electron chi connectivity index (χ4n) is 3.01. The van der Waals surface area contributed by atoms with Crippen LogP contribution in [0.3, 0.4) is 0 Å². The maximum Gasteiger partial charge on any atom is 0.119 e. The predicted molar refractivity (Wildman–Crippen MR) is 85.0 cm³/mol. The number of anilines is 1. The van der Waals surface area contributed by atoms with Gasteiger partial charge in [-0.25, -0.2) is 0 Å². The van der Waals surface area contributed by atoms with Gasteiger partial charge in [0.05, 0.1) is 0 Å². The highest BCUT2D eigenvalue weighted by Gasteiger charge is 2.22. The first-order valence-corrected chi connectivity index (χ1v) is 7.87. The third-order valence-electron chi connectivity index (χ3n) is 3.97. The van der Waals surface area contributed by atoms with Crippen molar-refractivity contribution in [2.75, 3.05) is 25.4 Å². The van der Waals surface area contributed by atoms with E-state index in [9.17, 15) is 0 Å². The Morgan fingerprint density at radius 3 is 2.45 bits per heavy atom. The van der Waals surface area contributed by atoms with Gasteiger partial charge in [0.25, 0.3) is 0 Å². The normalized spacial score (nSPS) is 16.2. The first kappa shape index (κ1) is 15.2. The van der Waals surface area contributed by atoms with Crippen molar-refractivity contribution in [1.29, 1.82) is 0 Å². The van der Waals surface area contributed by atoms with Crippen molar-refractivity contribution in [2.24, 2.45) is 5.92 Å². The number of hydrogen-bond acceptors (Lipinski definition) is 3. The lowest BCUT2D eigenvalue weighted by Crippen LogP contribution is -2.39. The Hall–Kier alpha value is -1.22. The van der Waals surface area contributed by atoms with Crippen LogP contribution in [-0.4, -0.2) is 30.6 Å². The highest BCUT2D eigenvalue weighted by molar-refractivity contribution is 5.41. The Bertz CT molecular complexity index is 382. The minimum absolute atomic E-state index is 0.715. The summed E-state index contributed by atoms with van der Waals surface area (Å²) < 4.78 is 5.84. The van der Waals surface area contributed by atoms with E-state index < -0.39 is 0 Å². The molecule has 0 spiro atoms. The topological polar surface area (TPSA) is 38.5 Å². The van der Waals surface area contributed by atoms with Crippen molar-refractivity contribution in [2.45, 2.75) is 45.6 Å². The number of nitrogens with zero attached hydrogens (tertiary/aromatic N) is 1. The molecule has 0 radical (unpaired) electrons. The summed E-state index contributed by atoms with van der Waals surface area (Å²) in [5, 5.41) is 0. The molecule has 0 unspecified atom stereocenters. The molecule has 1 aliphatic rings. The zero-order valence-corrected chi connectivity index (χ0v) is 12.8. The number of nitrogen functional groups attached to an aromatic ring is 1. The van der Waals surface area contributed by atoms with Gasteiger partial charge in [0.15, 0.2) is 0 Å². The van der Waals surface area contributed by atoms with E-state index in [0.29, 0.717) is 5.92 Å². The van der Waals surface area contributed by atoms with E-state index in [1.54, 1.807) is 0 Å². The summed E-state index contributed by atoms with van der Waals surface area (Å²) in [7, 11) is 0. The van der Waals surface area contributed by atoms with Gasteiger partial charge in [-0.2, -0.15) is 0 Å². The third kappa shape index (κ3) is 4.71. The highest BCUT2D eigenvalue weighted by Crippen LogP contribution is 2.24. The molecule has 1 aromatic rings. The van der Waals surface area contributed by atoms with Gasteiger partial charge in [0.1, 0.15) is 12.4 Å². The Balaban J connectivity index is 1.80. The number of benzene rings is 1. The predicted octanol–water partition coefficient (Wildman–Crippen LogP) is 3.55. The largest absolute Gasteiger partial charge is 0.492 e. The van der Waals surface area contributed by atoms with E-state index in [2.05, 4.69) is 18.7 Å². The van der Waals surface area contributed by atoms with Gasteiger partial charge in [-0.15, -0.1) is 0 Å². The molecule has 1 fully saturated rings. The molecule has 3 nitrogen and oxygen atoms in total. The van der Waals surface area contributed by atoms with Gasteiger partial charge in [-0.1, -0.05) is 26.7 Å². The average Bonchev–Trinajstić information content (AvgIpc) is 2.93. The van der Waals surface area contributed by atoms with Crippen LogP contribution in [0.5, 0.6) is 5.75 Å². The molecule has 20 heavy (non-hydrogen) atoms.